The van der Waals surface area contributed by atoms with Gasteiger partial charge in [-0.25, -0.2) is 5.01 Å². The van der Waals surface area contributed by atoms with Gasteiger partial charge in [-0.05, 0) is 39.0 Å². The van der Waals surface area contributed by atoms with Crippen molar-refractivity contribution in [2.75, 3.05) is 13.3 Å². The molecular formula is C22H23ClN4O5S. The van der Waals surface area contributed by atoms with E-state index in [4.69, 9.17) is 21.1 Å². The number of nitrogens with zero attached hydrogens (tertiary/aromatic N) is 3. The molecule has 0 spiro atoms. The molecule has 0 saturated heterocycles. The van der Waals surface area contributed by atoms with Gasteiger partial charge in [0.15, 0.2) is 17.3 Å². The number of nitrogens with one attached hydrogen (secondary N) is 1. The molecule has 11 heteroatoms. The van der Waals surface area contributed by atoms with E-state index in [9.17, 15) is 13.2 Å². The molecule has 0 radical (unpaired) electrons. The predicted octanol–water partition coefficient (Wildman–Crippen LogP) is 3.16. The Hall–Kier alpha value is -3.11. The van der Waals surface area contributed by atoms with E-state index in [2.05, 4.69) is 14.8 Å². The maximum Gasteiger partial charge on any atom is 0.285 e. The topological polar surface area (TPSA) is 110 Å². The summed E-state index contributed by atoms with van der Waals surface area (Å²) in [6, 6.07) is 9.80. The normalized spacial score (nSPS) is 15.9. The number of rotatable bonds is 5. The minimum Gasteiger partial charge on any atom is -0.454 e. The quantitative estimate of drug-likeness (QED) is 0.509. The fourth-order valence-corrected chi connectivity index (χ4v) is 4.75. The van der Waals surface area contributed by atoms with E-state index in [-0.39, 0.29) is 36.4 Å². The molecule has 0 aliphatic carbocycles. The Labute approximate surface area is 197 Å². The monoisotopic (exact) mass is 490 g/mol. The van der Waals surface area contributed by atoms with Gasteiger partial charge in [-0.15, -0.1) is 4.40 Å². The van der Waals surface area contributed by atoms with E-state index in [1.807, 2.05) is 20.8 Å². The second-order valence-electron chi connectivity index (χ2n) is 8.53. The summed E-state index contributed by atoms with van der Waals surface area (Å²) in [6.45, 7) is 5.85. The molecule has 2 aromatic carbocycles. The molecule has 9 nitrogen and oxygen atoms in total. The Morgan fingerprint density at radius 3 is 2.67 bits per heavy atom. The Morgan fingerprint density at radius 2 is 1.94 bits per heavy atom. The van der Waals surface area contributed by atoms with Crippen molar-refractivity contribution in [1.29, 1.82) is 0 Å². The molecule has 0 saturated carbocycles. The Kier molecular flexibility index (Phi) is 6.06. The number of benzene rings is 2. The first-order valence-corrected chi connectivity index (χ1v) is 12.0. The first-order valence-electron chi connectivity index (χ1n) is 10.2. The van der Waals surface area contributed by atoms with Crippen LogP contribution < -0.4 is 14.8 Å². The zero-order valence-corrected chi connectivity index (χ0v) is 19.9. The third-order valence-electron chi connectivity index (χ3n) is 4.75. The maximum absolute atomic E-state index is 12.6. The van der Waals surface area contributed by atoms with Gasteiger partial charge < -0.3 is 14.8 Å². The lowest BCUT2D eigenvalue weighted by Gasteiger charge is -2.22. The van der Waals surface area contributed by atoms with Gasteiger partial charge in [-0.2, -0.15) is 13.5 Å². The van der Waals surface area contributed by atoms with Gasteiger partial charge in [0, 0.05) is 29.2 Å². The molecule has 174 valence electrons. The SMILES string of the molecule is CC(C)(C)NC(=O)CCN(/N=C/c1cc2c(cc1Cl)OCO2)C1=NS(=O)(=O)c2ccccc21. The predicted molar refractivity (Wildman–Crippen MR) is 125 cm³/mol. The number of hydrogen-bond acceptors (Lipinski definition) is 7. The zero-order chi connectivity index (χ0) is 23.8. The molecule has 4 rings (SSSR count). The van der Waals surface area contributed by atoms with Crippen LogP contribution in [-0.2, 0) is 14.8 Å². The van der Waals surface area contributed by atoms with E-state index in [0.29, 0.717) is 27.6 Å². The molecule has 1 amide bonds. The van der Waals surface area contributed by atoms with Crippen molar-refractivity contribution in [1.82, 2.24) is 10.3 Å². The lowest BCUT2D eigenvalue weighted by atomic mass is 10.1. The second kappa shape index (κ2) is 8.68. The van der Waals surface area contributed by atoms with Crippen LogP contribution in [0.3, 0.4) is 0 Å². The lowest BCUT2D eigenvalue weighted by Crippen LogP contribution is -2.42. The minimum absolute atomic E-state index is 0.0741. The smallest absolute Gasteiger partial charge is 0.285 e. The van der Waals surface area contributed by atoms with Crippen LogP contribution in [-0.4, -0.2) is 50.3 Å². The van der Waals surface area contributed by atoms with Crippen molar-refractivity contribution in [2.24, 2.45) is 9.50 Å². The van der Waals surface area contributed by atoms with E-state index < -0.39 is 15.6 Å². The number of ether oxygens (including phenoxy) is 2. The van der Waals surface area contributed by atoms with Crippen LogP contribution in [0.4, 0.5) is 0 Å². The molecule has 0 bridgehead atoms. The van der Waals surface area contributed by atoms with Crippen molar-refractivity contribution in [3.05, 3.63) is 52.5 Å². The number of carbonyl (C=O) groups is 1. The zero-order valence-electron chi connectivity index (χ0n) is 18.3. The number of hydrazone groups is 1. The summed E-state index contributed by atoms with van der Waals surface area (Å²) in [5.74, 6) is 1.01. The Bertz CT molecular complexity index is 1270. The van der Waals surface area contributed by atoms with Gasteiger partial charge in [-0.1, -0.05) is 23.7 Å². The number of hydrogen-bond donors (Lipinski definition) is 1. The summed E-state index contributed by atoms with van der Waals surface area (Å²) < 4.78 is 39.7. The molecule has 1 N–H and O–H groups in total. The summed E-state index contributed by atoms with van der Waals surface area (Å²) in [7, 11) is -3.86. The van der Waals surface area contributed by atoms with Crippen molar-refractivity contribution in [3.8, 4) is 11.5 Å². The van der Waals surface area contributed by atoms with Crippen molar-refractivity contribution in [2.45, 2.75) is 37.6 Å². The van der Waals surface area contributed by atoms with Crippen LogP contribution >= 0.6 is 11.6 Å². The molecule has 2 aromatic rings. The number of sulfonamides is 1. The fraction of sp³-hybridized carbons (Fsp3) is 0.318. The van der Waals surface area contributed by atoms with E-state index >= 15 is 0 Å². The van der Waals surface area contributed by atoms with Crippen LogP contribution in [0.25, 0.3) is 0 Å². The molecule has 0 fully saturated rings. The molecule has 0 aromatic heterocycles. The molecule has 0 atom stereocenters. The van der Waals surface area contributed by atoms with Gasteiger partial charge in [0.1, 0.15) is 4.90 Å². The Balaban J connectivity index is 1.66. The van der Waals surface area contributed by atoms with Gasteiger partial charge in [0.2, 0.25) is 12.7 Å². The number of amidine groups is 1. The van der Waals surface area contributed by atoms with Gasteiger partial charge in [0.05, 0.1) is 17.8 Å². The van der Waals surface area contributed by atoms with Crippen LogP contribution in [0.1, 0.15) is 38.3 Å². The van der Waals surface area contributed by atoms with E-state index in [1.54, 1.807) is 30.3 Å². The number of fused-ring (bicyclic) bond motifs is 2. The van der Waals surface area contributed by atoms with Crippen LogP contribution in [0.15, 0.2) is 50.8 Å². The molecule has 33 heavy (non-hydrogen) atoms. The first kappa shape index (κ1) is 23.1. The fourth-order valence-electron chi connectivity index (χ4n) is 3.34. The third-order valence-corrected chi connectivity index (χ3v) is 6.40. The van der Waals surface area contributed by atoms with Crippen LogP contribution in [0, 0.1) is 0 Å². The van der Waals surface area contributed by atoms with Gasteiger partial charge >= 0.3 is 0 Å². The van der Waals surface area contributed by atoms with E-state index in [1.165, 1.54) is 17.3 Å². The third kappa shape index (κ3) is 5.12. The standard InChI is InChI=1S/C22H23ClN4O5S/c1-22(2,3)25-20(28)8-9-27(21-15-6-4-5-7-19(15)33(29,30)26-21)24-12-14-10-17-18(11-16(14)23)32-13-31-17/h4-7,10-12H,8-9,13H2,1-3H3,(H,25,28)/b24-12+. The van der Waals surface area contributed by atoms with Gasteiger partial charge in [-0.3, -0.25) is 4.79 Å². The highest BCUT2D eigenvalue weighted by Crippen LogP contribution is 2.36. The number of carbonyl (C=O) groups excluding carboxylic acids is 1. The van der Waals surface area contributed by atoms with Crippen LogP contribution in [0.2, 0.25) is 5.02 Å². The lowest BCUT2D eigenvalue weighted by molar-refractivity contribution is -0.122. The highest BCUT2D eigenvalue weighted by Gasteiger charge is 2.32. The molecule has 0 unspecified atom stereocenters. The number of amides is 1. The van der Waals surface area contributed by atoms with E-state index in [0.717, 1.165) is 0 Å². The van der Waals surface area contributed by atoms with Gasteiger partial charge in [0.25, 0.3) is 10.0 Å². The largest absolute Gasteiger partial charge is 0.454 e. The molecule has 2 aliphatic rings. The van der Waals surface area contributed by atoms with Crippen molar-refractivity contribution < 1.29 is 22.7 Å². The average molecular weight is 491 g/mol. The van der Waals surface area contributed by atoms with Crippen molar-refractivity contribution >= 4 is 39.6 Å². The van der Waals surface area contributed by atoms with Crippen molar-refractivity contribution in [3.63, 3.8) is 0 Å². The summed E-state index contributed by atoms with van der Waals surface area (Å²) in [6.07, 6.45) is 1.55. The average Bonchev–Trinajstić information content (AvgIpc) is 3.28. The number of halogens is 1. The highest BCUT2D eigenvalue weighted by molar-refractivity contribution is 7.90. The second-order valence-corrected chi connectivity index (χ2v) is 10.5. The summed E-state index contributed by atoms with van der Waals surface area (Å²) in [5.41, 5.74) is 0.564. The summed E-state index contributed by atoms with van der Waals surface area (Å²) in [4.78, 5) is 12.5. The summed E-state index contributed by atoms with van der Waals surface area (Å²) in [5, 5.41) is 9.11. The minimum atomic E-state index is -3.86. The molecule has 2 heterocycles. The molecular weight excluding hydrogens is 468 g/mol. The molecule has 2 aliphatic heterocycles. The summed E-state index contributed by atoms with van der Waals surface area (Å²) >= 11 is 6.34. The highest BCUT2D eigenvalue weighted by atomic mass is 35.5. The Morgan fingerprint density at radius 1 is 1.24 bits per heavy atom. The maximum atomic E-state index is 12.6. The van der Waals surface area contributed by atoms with Crippen LogP contribution in [0.5, 0.6) is 11.5 Å². The first-order chi connectivity index (χ1) is 15.5.